The Hall–Kier alpha value is -2.50. The van der Waals surface area contributed by atoms with E-state index in [1.165, 1.54) is 0 Å². The van der Waals surface area contributed by atoms with Crippen molar-refractivity contribution in [2.45, 2.75) is 13.0 Å². The van der Waals surface area contributed by atoms with Gasteiger partial charge in [0.25, 0.3) is 0 Å². The highest BCUT2D eigenvalue weighted by atomic mass is 16.5. The molecule has 1 heterocycles. The van der Waals surface area contributed by atoms with Crippen molar-refractivity contribution in [3.05, 3.63) is 35.9 Å². The van der Waals surface area contributed by atoms with E-state index in [1.807, 2.05) is 31.2 Å². The summed E-state index contributed by atoms with van der Waals surface area (Å²) in [5, 5.41) is 3.20. The molecule has 2 aromatic rings. The third-order valence-corrected chi connectivity index (χ3v) is 2.88. The zero-order valence-electron chi connectivity index (χ0n) is 11.8. The van der Waals surface area contributed by atoms with E-state index >= 15 is 0 Å². The molecule has 1 aromatic heterocycles. The molecule has 0 aliphatic heterocycles. The van der Waals surface area contributed by atoms with E-state index < -0.39 is 0 Å². The van der Waals surface area contributed by atoms with E-state index in [-0.39, 0.29) is 6.04 Å². The number of nitrogens with two attached hydrogens (primary N) is 1. The van der Waals surface area contributed by atoms with Crippen LogP contribution in [0.1, 0.15) is 18.5 Å². The lowest BCUT2D eigenvalue weighted by molar-refractivity contribution is 0.372. The summed E-state index contributed by atoms with van der Waals surface area (Å²) in [4.78, 5) is 8.47. The van der Waals surface area contributed by atoms with Gasteiger partial charge in [-0.3, -0.25) is 0 Å². The monoisotopic (exact) mass is 274 g/mol. The van der Waals surface area contributed by atoms with Crippen LogP contribution in [0.25, 0.3) is 0 Å². The fraction of sp³-hybridized carbons (Fsp3) is 0.286. The third-order valence-electron chi connectivity index (χ3n) is 2.88. The number of ether oxygens (including phenoxy) is 2. The van der Waals surface area contributed by atoms with E-state index in [9.17, 15) is 0 Å². The van der Waals surface area contributed by atoms with Crippen molar-refractivity contribution in [2.75, 3.05) is 25.3 Å². The zero-order chi connectivity index (χ0) is 14.5. The van der Waals surface area contributed by atoms with Gasteiger partial charge in [-0.15, -0.1) is 0 Å². The van der Waals surface area contributed by atoms with E-state index in [2.05, 4.69) is 15.3 Å². The molecule has 0 fully saturated rings. The van der Waals surface area contributed by atoms with Gasteiger partial charge in [0.2, 0.25) is 17.7 Å². The third kappa shape index (κ3) is 3.28. The minimum Gasteiger partial charge on any atom is -0.481 e. The van der Waals surface area contributed by atoms with Gasteiger partial charge in [0.05, 0.1) is 26.3 Å². The van der Waals surface area contributed by atoms with Gasteiger partial charge in [0, 0.05) is 5.69 Å². The van der Waals surface area contributed by atoms with Gasteiger partial charge in [0.15, 0.2) is 0 Å². The molecule has 0 saturated heterocycles. The van der Waals surface area contributed by atoms with Crippen molar-refractivity contribution >= 4 is 11.6 Å². The van der Waals surface area contributed by atoms with Crippen LogP contribution in [0.2, 0.25) is 0 Å². The second-order valence-electron chi connectivity index (χ2n) is 4.31. The lowest BCUT2D eigenvalue weighted by Crippen LogP contribution is -2.10. The SMILES string of the molecule is COc1cc(OC)nc(NC(C)c2ccc(N)cc2)n1. The molecule has 2 rings (SSSR count). The number of rotatable bonds is 5. The Morgan fingerprint density at radius 1 is 1.05 bits per heavy atom. The number of hydrogen-bond acceptors (Lipinski definition) is 6. The lowest BCUT2D eigenvalue weighted by atomic mass is 10.1. The van der Waals surface area contributed by atoms with Crippen molar-refractivity contribution < 1.29 is 9.47 Å². The summed E-state index contributed by atoms with van der Waals surface area (Å²) < 4.78 is 10.2. The van der Waals surface area contributed by atoms with Crippen LogP contribution in [-0.2, 0) is 0 Å². The van der Waals surface area contributed by atoms with Crippen LogP contribution >= 0.6 is 0 Å². The average molecular weight is 274 g/mol. The maximum Gasteiger partial charge on any atom is 0.229 e. The number of aromatic nitrogens is 2. The Bertz CT molecular complexity index is 550. The topological polar surface area (TPSA) is 82.3 Å². The molecule has 3 N–H and O–H groups in total. The first kappa shape index (κ1) is 13.9. The first-order chi connectivity index (χ1) is 9.62. The molecular formula is C14H18N4O2. The highest BCUT2D eigenvalue weighted by Crippen LogP contribution is 2.22. The Labute approximate surface area is 118 Å². The molecule has 0 aliphatic rings. The summed E-state index contributed by atoms with van der Waals surface area (Å²) >= 11 is 0. The molecule has 0 saturated carbocycles. The van der Waals surface area contributed by atoms with Gasteiger partial charge in [-0.05, 0) is 24.6 Å². The van der Waals surface area contributed by atoms with Crippen molar-refractivity contribution in [3.8, 4) is 11.8 Å². The van der Waals surface area contributed by atoms with Crippen LogP contribution in [0.4, 0.5) is 11.6 Å². The van der Waals surface area contributed by atoms with Gasteiger partial charge in [-0.2, -0.15) is 9.97 Å². The second kappa shape index (κ2) is 6.10. The molecular weight excluding hydrogens is 256 g/mol. The van der Waals surface area contributed by atoms with Crippen LogP contribution in [0.15, 0.2) is 30.3 Å². The maximum absolute atomic E-state index is 5.68. The average Bonchev–Trinajstić information content (AvgIpc) is 2.47. The maximum atomic E-state index is 5.68. The van der Waals surface area contributed by atoms with E-state index in [0.717, 1.165) is 11.3 Å². The number of nitrogens with zero attached hydrogens (tertiary/aromatic N) is 2. The van der Waals surface area contributed by atoms with Crippen LogP contribution in [0.3, 0.4) is 0 Å². The number of methoxy groups -OCH3 is 2. The number of nitrogen functional groups attached to an aromatic ring is 1. The standard InChI is InChI=1S/C14H18N4O2/c1-9(10-4-6-11(15)7-5-10)16-14-17-12(19-2)8-13(18-14)20-3/h4-9H,15H2,1-3H3,(H,16,17,18). The Morgan fingerprint density at radius 3 is 2.10 bits per heavy atom. The van der Waals surface area contributed by atoms with Crippen LogP contribution in [-0.4, -0.2) is 24.2 Å². The normalized spacial score (nSPS) is 11.8. The molecule has 0 radical (unpaired) electrons. The molecule has 0 aliphatic carbocycles. The molecule has 1 atom stereocenters. The quantitative estimate of drug-likeness (QED) is 0.814. The van der Waals surface area contributed by atoms with Gasteiger partial charge in [-0.1, -0.05) is 12.1 Å². The molecule has 20 heavy (non-hydrogen) atoms. The largest absolute Gasteiger partial charge is 0.481 e. The van der Waals surface area contributed by atoms with Gasteiger partial charge in [0.1, 0.15) is 0 Å². The summed E-state index contributed by atoms with van der Waals surface area (Å²) in [5.41, 5.74) is 7.50. The Kier molecular flexibility index (Phi) is 4.24. The smallest absolute Gasteiger partial charge is 0.229 e. The predicted molar refractivity (Wildman–Crippen MR) is 78.0 cm³/mol. The number of anilines is 2. The second-order valence-corrected chi connectivity index (χ2v) is 4.31. The van der Waals surface area contributed by atoms with Crippen LogP contribution in [0, 0.1) is 0 Å². The van der Waals surface area contributed by atoms with Crippen molar-refractivity contribution in [1.29, 1.82) is 0 Å². The molecule has 1 aromatic carbocycles. The minimum atomic E-state index is 0.0346. The van der Waals surface area contributed by atoms with Gasteiger partial charge in [-0.25, -0.2) is 0 Å². The molecule has 0 spiro atoms. The summed E-state index contributed by atoms with van der Waals surface area (Å²) in [6.07, 6.45) is 0. The number of hydrogen-bond donors (Lipinski definition) is 2. The molecule has 0 amide bonds. The molecule has 6 heteroatoms. The molecule has 6 nitrogen and oxygen atoms in total. The predicted octanol–water partition coefficient (Wildman–Crippen LogP) is 2.25. The minimum absolute atomic E-state index is 0.0346. The number of nitrogens with one attached hydrogen (secondary N) is 1. The fourth-order valence-electron chi connectivity index (χ4n) is 1.74. The van der Waals surface area contributed by atoms with E-state index in [1.54, 1.807) is 20.3 Å². The molecule has 106 valence electrons. The lowest BCUT2D eigenvalue weighted by Gasteiger charge is -2.15. The summed E-state index contributed by atoms with van der Waals surface area (Å²) in [6.45, 7) is 2.01. The first-order valence-electron chi connectivity index (χ1n) is 6.21. The zero-order valence-corrected chi connectivity index (χ0v) is 11.8. The Balaban J connectivity index is 2.18. The summed E-state index contributed by atoms with van der Waals surface area (Å²) in [7, 11) is 3.10. The van der Waals surface area contributed by atoms with Crippen LogP contribution in [0.5, 0.6) is 11.8 Å². The van der Waals surface area contributed by atoms with E-state index in [4.69, 9.17) is 15.2 Å². The first-order valence-corrected chi connectivity index (χ1v) is 6.21. The summed E-state index contributed by atoms with van der Waals surface area (Å²) in [6, 6.07) is 9.31. The van der Waals surface area contributed by atoms with Crippen molar-refractivity contribution in [3.63, 3.8) is 0 Å². The summed E-state index contributed by atoms with van der Waals surface area (Å²) in [5.74, 6) is 1.35. The van der Waals surface area contributed by atoms with Crippen LogP contribution < -0.4 is 20.5 Å². The van der Waals surface area contributed by atoms with Gasteiger partial charge >= 0.3 is 0 Å². The number of benzene rings is 1. The Morgan fingerprint density at radius 2 is 1.60 bits per heavy atom. The molecule has 1 unspecified atom stereocenters. The van der Waals surface area contributed by atoms with Crippen molar-refractivity contribution in [1.82, 2.24) is 9.97 Å². The van der Waals surface area contributed by atoms with E-state index in [0.29, 0.717) is 17.7 Å². The fourth-order valence-corrected chi connectivity index (χ4v) is 1.74. The van der Waals surface area contributed by atoms with Crippen molar-refractivity contribution in [2.24, 2.45) is 0 Å². The highest BCUT2D eigenvalue weighted by molar-refractivity contribution is 5.42. The highest BCUT2D eigenvalue weighted by Gasteiger charge is 2.10. The van der Waals surface area contributed by atoms with Gasteiger partial charge < -0.3 is 20.5 Å². The molecule has 0 bridgehead atoms.